The highest BCUT2D eigenvalue weighted by molar-refractivity contribution is 6.03. The van der Waals surface area contributed by atoms with Gasteiger partial charge in [0.2, 0.25) is 11.6 Å². The van der Waals surface area contributed by atoms with Crippen LogP contribution in [0.15, 0.2) is 23.4 Å². The van der Waals surface area contributed by atoms with Crippen molar-refractivity contribution < 1.29 is 14.4 Å². The Kier molecular flexibility index (Phi) is 6.02. The van der Waals surface area contributed by atoms with Crippen molar-refractivity contribution in [3.05, 3.63) is 34.8 Å². The summed E-state index contributed by atoms with van der Waals surface area (Å²) in [6.45, 7) is 23.2. The monoisotopic (exact) mass is 528 g/mol. The van der Waals surface area contributed by atoms with Gasteiger partial charge in [-0.25, -0.2) is 4.85 Å². The first-order valence-corrected chi connectivity index (χ1v) is 14.7. The summed E-state index contributed by atoms with van der Waals surface area (Å²) in [5.74, 6) is 2.60. The third-order valence-electron chi connectivity index (χ3n) is 12.9. The average molecular weight is 529 g/mol. The lowest BCUT2D eigenvalue weighted by Gasteiger charge is -2.69. The molecule has 5 nitrogen and oxygen atoms in total. The number of hydrogen-bond donors (Lipinski definition) is 1. The predicted molar refractivity (Wildman–Crippen MR) is 152 cm³/mol. The van der Waals surface area contributed by atoms with Crippen LogP contribution in [0.4, 0.5) is 0 Å². The van der Waals surface area contributed by atoms with Crippen LogP contribution in [0.25, 0.3) is 4.85 Å². The Labute approximate surface area is 234 Å². The second kappa shape index (κ2) is 8.42. The van der Waals surface area contributed by atoms with Gasteiger partial charge in [-0.1, -0.05) is 66.0 Å². The van der Waals surface area contributed by atoms with Crippen LogP contribution in [0.2, 0.25) is 0 Å². The van der Waals surface area contributed by atoms with Gasteiger partial charge in [0, 0.05) is 22.2 Å². The molecule has 0 unspecified atom stereocenters. The quantitative estimate of drug-likeness (QED) is 0.337. The van der Waals surface area contributed by atoms with E-state index in [9.17, 15) is 14.4 Å². The van der Waals surface area contributed by atoms with E-state index in [0.717, 1.165) is 44.1 Å². The van der Waals surface area contributed by atoms with Gasteiger partial charge in [-0.2, -0.15) is 0 Å². The lowest BCUT2D eigenvalue weighted by atomic mass is 9.34. The zero-order valence-corrected chi connectivity index (χ0v) is 24.8. The highest BCUT2D eigenvalue weighted by atomic mass is 16.2. The average Bonchev–Trinajstić information content (AvgIpc) is 2.87. The van der Waals surface area contributed by atoms with E-state index < -0.39 is 16.2 Å². The second-order valence-corrected chi connectivity index (χ2v) is 15.2. The minimum absolute atomic E-state index is 0.000545. The van der Waals surface area contributed by atoms with Crippen LogP contribution < -0.4 is 5.32 Å². The summed E-state index contributed by atoms with van der Waals surface area (Å²) in [5, 5.41) is 2.92. The van der Waals surface area contributed by atoms with E-state index in [4.69, 9.17) is 13.0 Å². The van der Waals surface area contributed by atoms with Crippen LogP contribution >= 0.6 is 0 Å². The van der Waals surface area contributed by atoms with Gasteiger partial charge in [0.1, 0.15) is 0 Å². The van der Waals surface area contributed by atoms with Crippen molar-refractivity contribution in [3.63, 3.8) is 0 Å². The molecule has 0 bridgehead atoms. The van der Waals surface area contributed by atoms with Crippen molar-refractivity contribution in [2.45, 2.75) is 93.4 Å². The number of ketones is 2. The maximum absolute atomic E-state index is 14.4. The number of fused-ring (bicyclic) bond motifs is 7. The Bertz CT molecular complexity index is 1310. The molecule has 8 atom stereocenters. The molecule has 1 amide bonds. The fourth-order valence-corrected chi connectivity index (χ4v) is 10.2. The molecule has 0 heterocycles. The van der Waals surface area contributed by atoms with Gasteiger partial charge < -0.3 is 10.1 Å². The fourth-order valence-electron chi connectivity index (χ4n) is 10.2. The van der Waals surface area contributed by atoms with E-state index >= 15 is 0 Å². The Balaban J connectivity index is 1.62. The van der Waals surface area contributed by atoms with Gasteiger partial charge in [-0.05, 0) is 79.1 Å². The highest BCUT2D eigenvalue weighted by Crippen LogP contribution is 2.74. The van der Waals surface area contributed by atoms with Crippen LogP contribution in [-0.2, 0) is 14.4 Å². The lowest BCUT2D eigenvalue weighted by Crippen LogP contribution is -2.65. The van der Waals surface area contributed by atoms with Crippen molar-refractivity contribution in [1.82, 2.24) is 5.32 Å². The standard InChI is InChI=1S/C34H44N2O3/c1-10-17-36-28(39)31(5)14-13-30(4)15-16-34(8)26(21(30)19-31)23(37)18-25-32(6)20-22(35-9)27(38)29(2,3)24(32)11-12-33(25,34)7/h1,18,20-21,24,26H,11-17,19H2,2-8H3,(H,36,39)/t21-,24-,26-,30+,31-,32-,33+,34+/m0/s1. The minimum Gasteiger partial charge on any atom is -0.345 e. The maximum Gasteiger partial charge on any atom is 0.226 e. The van der Waals surface area contributed by atoms with Gasteiger partial charge >= 0.3 is 0 Å². The van der Waals surface area contributed by atoms with Crippen LogP contribution in [0.5, 0.6) is 0 Å². The van der Waals surface area contributed by atoms with Crippen molar-refractivity contribution >= 4 is 17.5 Å². The maximum atomic E-state index is 14.4. The molecule has 3 fully saturated rings. The molecule has 3 saturated carbocycles. The number of nitrogens with one attached hydrogen (secondary N) is 1. The normalized spacial score (nSPS) is 46.1. The molecule has 0 radical (unpaired) electrons. The number of nitrogens with zero attached hydrogens (tertiary/aromatic N) is 1. The van der Waals surface area contributed by atoms with Crippen molar-refractivity contribution in [1.29, 1.82) is 0 Å². The molecule has 208 valence electrons. The Morgan fingerprint density at radius 3 is 2.38 bits per heavy atom. The van der Waals surface area contributed by atoms with E-state index in [0.29, 0.717) is 6.42 Å². The largest absolute Gasteiger partial charge is 0.345 e. The molecular weight excluding hydrogens is 484 g/mol. The van der Waals surface area contributed by atoms with E-state index in [1.165, 1.54) is 0 Å². The van der Waals surface area contributed by atoms with Crippen LogP contribution in [0.1, 0.15) is 93.4 Å². The SMILES string of the molecule is [C-]#[N+]C1=C[C@]2(C)C3=CC(=O)[C@@H]4[C@@H]5C[C@@](C)(C(=O)NCC#C)CC[C@]5(C)CC[C@@]4(C)[C@]3(C)CC[C@H]2C(C)(C)C1=O. The molecule has 0 aromatic carbocycles. The Morgan fingerprint density at radius 1 is 1.08 bits per heavy atom. The number of rotatable bonds is 2. The lowest BCUT2D eigenvalue weighted by molar-refractivity contribution is -0.172. The van der Waals surface area contributed by atoms with Gasteiger partial charge in [0.15, 0.2) is 11.6 Å². The summed E-state index contributed by atoms with van der Waals surface area (Å²) in [6.07, 6.45) is 15.5. The number of hydrogen-bond acceptors (Lipinski definition) is 3. The molecular formula is C34H44N2O3. The topological polar surface area (TPSA) is 67.6 Å². The van der Waals surface area contributed by atoms with Crippen molar-refractivity contribution in [2.24, 2.45) is 50.2 Å². The first-order chi connectivity index (χ1) is 18.0. The number of amides is 1. The summed E-state index contributed by atoms with van der Waals surface area (Å²) >= 11 is 0. The number of carbonyl (C=O) groups excluding carboxylic acids is 3. The molecule has 0 aliphatic heterocycles. The smallest absolute Gasteiger partial charge is 0.226 e. The summed E-state index contributed by atoms with van der Waals surface area (Å²) < 4.78 is 0. The molecule has 5 rings (SSSR count). The van der Waals surface area contributed by atoms with Crippen molar-refractivity contribution in [3.8, 4) is 12.3 Å². The molecule has 1 N–H and O–H groups in total. The van der Waals surface area contributed by atoms with Gasteiger partial charge in [-0.3, -0.25) is 9.59 Å². The molecule has 0 aromatic heterocycles. The second-order valence-electron chi connectivity index (χ2n) is 15.2. The molecule has 5 aliphatic rings. The zero-order valence-electron chi connectivity index (χ0n) is 24.8. The number of Topliss-reactive ketones (excluding diaryl/α,β-unsaturated/α-hetero) is 1. The third-order valence-corrected chi connectivity index (χ3v) is 12.9. The van der Waals surface area contributed by atoms with E-state index in [1.807, 2.05) is 32.9 Å². The molecule has 0 saturated heterocycles. The molecule has 5 heteroatoms. The predicted octanol–water partition coefficient (Wildman–Crippen LogP) is 6.31. The molecule has 5 aliphatic carbocycles. The van der Waals surface area contributed by atoms with Crippen LogP contribution in [-0.4, -0.2) is 24.0 Å². The van der Waals surface area contributed by atoms with E-state index in [2.05, 4.69) is 43.8 Å². The number of terminal acetylenes is 1. The van der Waals surface area contributed by atoms with Crippen molar-refractivity contribution in [2.75, 3.05) is 6.54 Å². The van der Waals surface area contributed by atoms with Crippen LogP contribution in [0.3, 0.4) is 0 Å². The summed E-state index contributed by atoms with van der Waals surface area (Å²) in [5.41, 5.74) is -0.888. The number of carbonyl (C=O) groups is 3. The summed E-state index contributed by atoms with van der Waals surface area (Å²) in [7, 11) is 0. The fraction of sp³-hybridized carbons (Fsp3) is 0.706. The summed E-state index contributed by atoms with van der Waals surface area (Å²) in [4.78, 5) is 44.6. The van der Waals surface area contributed by atoms with E-state index in [1.54, 1.807) is 0 Å². The third kappa shape index (κ3) is 3.47. The molecule has 0 spiro atoms. The Hall–Kier alpha value is -2.66. The van der Waals surface area contributed by atoms with E-state index in [-0.39, 0.29) is 63.7 Å². The first kappa shape index (κ1) is 27.9. The highest BCUT2D eigenvalue weighted by Gasteiger charge is 2.69. The minimum atomic E-state index is -0.658. The Morgan fingerprint density at radius 2 is 1.74 bits per heavy atom. The van der Waals surface area contributed by atoms with Gasteiger partial charge in [-0.15, -0.1) is 6.42 Å². The zero-order chi connectivity index (χ0) is 28.8. The first-order valence-electron chi connectivity index (χ1n) is 14.7. The molecule has 0 aromatic rings. The summed E-state index contributed by atoms with van der Waals surface area (Å²) in [6, 6.07) is 0. The molecule has 39 heavy (non-hydrogen) atoms. The van der Waals surface area contributed by atoms with Gasteiger partial charge in [0.25, 0.3) is 0 Å². The van der Waals surface area contributed by atoms with Crippen LogP contribution in [0, 0.1) is 69.2 Å². The van der Waals surface area contributed by atoms with Gasteiger partial charge in [0.05, 0.1) is 13.1 Å². The number of allylic oxidation sites excluding steroid dienone is 4.